The summed E-state index contributed by atoms with van der Waals surface area (Å²) in [6, 6.07) is 115. The average molecular weight is 1210 g/mol. The molecule has 0 bridgehead atoms. The van der Waals surface area contributed by atoms with Crippen LogP contribution in [0, 0.1) is 12.1 Å². The molecule has 0 saturated carbocycles. The van der Waals surface area contributed by atoms with Gasteiger partial charge in [0.15, 0.2) is 0 Å². The van der Waals surface area contributed by atoms with Gasteiger partial charge in [0.1, 0.15) is 0 Å². The van der Waals surface area contributed by atoms with Crippen molar-refractivity contribution in [1.82, 2.24) is 9.97 Å². The molecule has 0 N–H and O–H groups in total. The molecule has 0 fully saturated rings. The molecule has 0 aliphatic rings. The largest absolute Gasteiger partial charge is 0.304 e. The first kappa shape index (κ1) is 51.8. The minimum atomic E-state index is 0. The smallest absolute Gasteiger partial charge is 0.0167 e. The van der Waals surface area contributed by atoms with E-state index in [4.69, 9.17) is 4.98 Å². The first-order chi connectivity index (χ1) is 39.6. The Labute approximate surface area is 487 Å². The molecule has 14 aromatic rings. The number of pyridine rings is 2. The Balaban J connectivity index is 0.000000328. The molecule has 0 unspecified atom stereocenters. The van der Waals surface area contributed by atoms with Crippen LogP contribution in [0.2, 0.25) is 0 Å². The molecule has 0 amide bonds. The van der Waals surface area contributed by atoms with Crippen molar-refractivity contribution in [3.63, 3.8) is 0 Å². The van der Waals surface area contributed by atoms with Gasteiger partial charge in [0.2, 0.25) is 0 Å². The monoisotopic (exact) mass is 1210 g/mol. The third-order valence-corrected chi connectivity index (χ3v) is 14.8. The van der Waals surface area contributed by atoms with Crippen LogP contribution in [0.4, 0.5) is 0 Å². The summed E-state index contributed by atoms with van der Waals surface area (Å²) in [5.41, 5.74) is 22.6. The van der Waals surface area contributed by atoms with Crippen molar-refractivity contribution in [3.8, 4) is 112 Å². The number of aromatic nitrogens is 2. The van der Waals surface area contributed by atoms with Crippen molar-refractivity contribution in [2.45, 2.75) is 0 Å². The summed E-state index contributed by atoms with van der Waals surface area (Å²) in [5.74, 6) is 0. The van der Waals surface area contributed by atoms with Crippen molar-refractivity contribution in [2.75, 3.05) is 0 Å². The van der Waals surface area contributed by atoms with Crippen LogP contribution in [-0.2, 0) is 20.1 Å². The molecule has 3 heteroatoms. The van der Waals surface area contributed by atoms with Gasteiger partial charge in [0.05, 0.1) is 0 Å². The number of hydrogen-bond donors (Lipinski definition) is 0. The molecule has 2 nitrogen and oxygen atoms in total. The third kappa shape index (κ3) is 11.5. The maximum atomic E-state index is 4.82. The van der Waals surface area contributed by atoms with E-state index >= 15 is 0 Å². The number of rotatable bonds is 10. The van der Waals surface area contributed by atoms with Crippen molar-refractivity contribution >= 4 is 21.5 Å². The van der Waals surface area contributed by atoms with E-state index in [0.29, 0.717) is 0 Å². The van der Waals surface area contributed by atoms with Gasteiger partial charge < -0.3 is 9.97 Å². The summed E-state index contributed by atoms with van der Waals surface area (Å²) in [6.07, 6.45) is 3.73. The van der Waals surface area contributed by atoms with Gasteiger partial charge >= 0.3 is 0 Å². The van der Waals surface area contributed by atoms with Gasteiger partial charge in [-0.25, -0.2) is 0 Å². The van der Waals surface area contributed by atoms with Crippen LogP contribution >= 0.6 is 0 Å². The van der Waals surface area contributed by atoms with Gasteiger partial charge in [-0.05, 0) is 189 Å². The molecule has 0 atom stereocenters. The number of nitrogens with zero attached hydrogens (tertiary/aromatic N) is 2. The molecule has 14 rings (SSSR count). The molecule has 0 aliphatic carbocycles. The minimum Gasteiger partial charge on any atom is -0.304 e. The molecule has 0 spiro atoms. The van der Waals surface area contributed by atoms with Gasteiger partial charge in [0, 0.05) is 32.5 Å². The maximum absolute atomic E-state index is 4.82. The fourth-order valence-electron chi connectivity index (χ4n) is 10.8. The van der Waals surface area contributed by atoms with Crippen LogP contribution in [0.1, 0.15) is 0 Å². The van der Waals surface area contributed by atoms with Gasteiger partial charge in [-0.2, -0.15) is 0 Å². The maximum Gasteiger partial charge on any atom is 0.0167 e. The van der Waals surface area contributed by atoms with Crippen LogP contribution in [0.3, 0.4) is 0 Å². The molecule has 2 aromatic heterocycles. The third-order valence-electron chi connectivity index (χ3n) is 14.8. The Morgan fingerprint density at radius 1 is 0.210 bits per heavy atom. The van der Waals surface area contributed by atoms with Crippen LogP contribution in [0.5, 0.6) is 0 Å². The summed E-state index contributed by atoms with van der Waals surface area (Å²) < 4.78 is 0. The van der Waals surface area contributed by atoms with Gasteiger partial charge in [-0.3, -0.25) is 0 Å². The van der Waals surface area contributed by atoms with Crippen molar-refractivity contribution in [3.05, 3.63) is 328 Å². The minimum absolute atomic E-state index is 0. The molecule has 81 heavy (non-hydrogen) atoms. The van der Waals surface area contributed by atoms with Gasteiger partial charge in [-0.1, -0.05) is 188 Å². The standard InChI is InChI=1S/C63H42N.C15H10N.Ir/c1-5-17-44(18-6-1)53-35-54(45-19-7-2-8-20-45)38-58(37-53)60-41-57(42-61(43-60)59-39-55(46-21-9-3-10-22-46)36-56(40-59)47-23-11-4-12-24-47)51-28-15-26-49(33-51)50-27-16-29-52(34-50)63-62-30-14-13-25-48(62)31-32-64-63;1-2-7-13(8-3-1)15-14-9-5-4-6-12(14)10-11-16-15;/h1-28,30-43H;1-7,9-11H;/q2*-1;. The second-order valence-corrected chi connectivity index (χ2v) is 20.0. The number of benzene rings is 12. The SMILES string of the molecule is [Ir].[c-]1ccc(-c2cccc(-c3cc(-c4cc(-c5ccccc5)cc(-c5ccccc5)c4)cc(-c4cc(-c5ccccc5)cc(-c5ccccc5)c4)c3)c2)cc1-c1nccc2ccccc12.[c-]1ccccc1-c1nccc2ccccc12. The zero-order chi connectivity index (χ0) is 53.5. The predicted molar refractivity (Wildman–Crippen MR) is 336 cm³/mol. The van der Waals surface area contributed by atoms with Crippen LogP contribution in [0.25, 0.3) is 133 Å². The Hall–Kier alpha value is -9.89. The Morgan fingerprint density at radius 3 is 0.938 bits per heavy atom. The second-order valence-electron chi connectivity index (χ2n) is 20.0. The van der Waals surface area contributed by atoms with Crippen molar-refractivity contribution in [1.29, 1.82) is 0 Å². The normalized spacial score (nSPS) is 10.9. The Morgan fingerprint density at radius 2 is 0.519 bits per heavy atom. The van der Waals surface area contributed by atoms with E-state index in [-0.39, 0.29) is 20.1 Å². The quantitative estimate of drug-likeness (QED) is 0.128. The molecule has 385 valence electrons. The van der Waals surface area contributed by atoms with E-state index < -0.39 is 0 Å². The van der Waals surface area contributed by atoms with E-state index in [0.717, 1.165) is 72.4 Å². The second kappa shape index (κ2) is 24.0. The van der Waals surface area contributed by atoms with Crippen LogP contribution < -0.4 is 0 Å². The van der Waals surface area contributed by atoms with Crippen molar-refractivity contribution < 1.29 is 20.1 Å². The molecule has 0 saturated heterocycles. The predicted octanol–water partition coefficient (Wildman–Crippen LogP) is 20.7. The zero-order valence-electron chi connectivity index (χ0n) is 44.2. The van der Waals surface area contributed by atoms with Gasteiger partial charge in [0.25, 0.3) is 0 Å². The molecule has 2 heterocycles. The molecular formula is C78H52IrN2-2. The summed E-state index contributed by atoms with van der Waals surface area (Å²) in [4.78, 5) is 9.27. The van der Waals surface area contributed by atoms with E-state index in [2.05, 4.69) is 272 Å². The molecule has 0 aliphatic heterocycles. The number of fused-ring (bicyclic) bond motifs is 2. The summed E-state index contributed by atoms with van der Waals surface area (Å²) in [6.45, 7) is 0. The topological polar surface area (TPSA) is 25.8 Å². The Kier molecular flexibility index (Phi) is 15.4. The first-order valence-electron chi connectivity index (χ1n) is 27.1. The Bertz CT molecular complexity index is 4180. The zero-order valence-corrected chi connectivity index (χ0v) is 46.6. The van der Waals surface area contributed by atoms with Gasteiger partial charge in [-0.15, -0.1) is 71.3 Å². The first-order valence-corrected chi connectivity index (χ1v) is 27.1. The summed E-state index contributed by atoms with van der Waals surface area (Å²) in [5, 5.41) is 4.67. The molecule has 12 aromatic carbocycles. The summed E-state index contributed by atoms with van der Waals surface area (Å²) in [7, 11) is 0. The molecular weight excluding hydrogens is 1160 g/mol. The number of hydrogen-bond acceptors (Lipinski definition) is 2. The van der Waals surface area contributed by atoms with Crippen LogP contribution in [0.15, 0.2) is 316 Å². The van der Waals surface area contributed by atoms with Crippen molar-refractivity contribution in [2.24, 2.45) is 0 Å². The fraction of sp³-hybridized carbons (Fsp3) is 0. The van der Waals surface area contributed by atoms with E-state index in [1.54, 1.807) is 0 Å². The molecule has 1 radical (unpaired) electrons. The van der Waals surface area contributed by atoms with E-state index in [9.17, 15) is 0 Å². The fourth-order valence-corrected chi connectivity index (χ4v) is 10.8. The van der Waals surface area contributed by atoms with Crippen LogP contribution in [-0.4, -0.2) is 9.97 Å². The summed E-state index contributed by atoms with van der Waals surface area (Å²) >= 11 is 0. The van der Waals surface area contributed by atoms with E-state index in [1.807, 2.05) is 60.9 Å². The average Bonchev–Trinajstić information content (AvgIpc) is 3.56. The van der Waals surface area contributed by atoms with E-state index in [1.165, 1.54) is 60.7 Å².